The van der Waals surface area contributed by atoms with Gasteiger partial charge in [0.2, 0.25) is 5.91 Å². The summed E-state index contributed by atoms with van der Waals surface area (Å²) in [5.41, 5.74) is 1.04. The summed E-state index contributed by atoms with van der Waals surface area (Å²) in [5, 5.41) is 4.24. The summed E-state index contributed by atoms with van der Waals surface area (Å²) in [6.07, 6.45) is 13.7. The Bertz CT molecular complexity index is 777. The molecule has 0 spiro atoms. The number of thiazole rings is 1. The van der Waals surface area contributed by atoms with Crippen LogP contribution in [0.5, 0.6) is 0 Å². The van der Waals surface area contributed by atoms with E-state index in [0.717, 1.165) is 36.4 Å². The Hall–Kier alpha value is -1.72. The van der Waals surface area contributed by atoms with Crippen molar-refractivity contribution in [3.63, 3.8) is 0 Å². The Morgan fingerprint density at radius 1 is 1.14 bits per heavy atom. The molecule has 1 aromatic heterocycles. The van der Waals surface area contributed by atoms with Crippen LogP contribution in [-0.4, -0.2) is 30.1 Å². The number of carbonyl (C=O) groups excluding carboxylic acids is 1. The summed E-state index contributed by atoms with van der Waals surface area (Å²) in [7, 11) is 0. The van der Waals surface area contributed by atoms with Gasteiger partial charge < -0.3 is 10.1 Å². The third-order valence-electron chi connectivity index (χ3n) is 5.92. The SMILES string of the molecule is O=C(NCCCOC1CCCCC1)[C@@H]1CC=CC[C@@H]1c1nc2ccccc2s1. The fourth-order valence-corrected chi connectivity index (χ4v) is 5.47. The predicted octanol–water partition coefficient (Wildman–Crippen LogP) is 5.20. The highest BCUT2D eigenvalue weighted by atomic mass is 32.1. The number of hydrogen-bond acceptors (Lipinski definition) is 4. The molecule has 0 aliphatic heterocycles. The Balaban J connectivity index is 1.28. The van der Waals surface area contributed by atoms with Gasteiger partial charge >= 0.3 is 0 Å². The molecule has 0 bridgehead atoms. The second-order valence-electron chi connectivity index (χ2n) is 7.95. The number of benzene rings is 1. The molecular formula is C23H30N2O2S. The van der Waals surface area contributed by atoms with E-state index >= 15 is 0 Å². The minimum absolute atomic E-state index is 0.0233. The predicted molar refractivity (Wildman–Crippen MR) is 115 cm³/mol. The van der Waals surface area contributed by atoms with Gasteiger partial charge in [0.1, 0.15) is 0 Å². The molecule has 2 aliphatic rings. The highest BCUT2D eigenvalue weighted by Gasteiger charge is 2.32. The molecule has 4 rings (SSSR count). The summed E-state index contributed by atoms with van der Waals surface area (Å²) in [5.74, 6) is 0.317. The van der Waals surface area contributed by atoms with Crippen molar-refractivity contribution in [2.75, 3.05) is 13.2 Å². The van der Waals surface area contributed by atoms with Crippen molar-refractivity contribution in [1.82, 2.24) is 10.3 Å². The summed E-state index contributed by atoms with van der Waals surface area (Å²) in [6.45, 7) is 1.44. The first-order valence-corrected chi connectivity index (χ1v) is 11.5. The van der Waals surface area contributed by atoms with Crippen LogP contribution < -0.4 is 5.32 Å². The minimum Gasteiger partial charge on any atom is -0.378 e. The Morgan fingerprint density at radius 2 is 1.96 bits per heavy atom. The van der Waals surface area contributed by atoms with Gasteiger partial charge in [-0.2, -0.15) is 0 Å². The molecule has 1 amide bonds. The molecule has 2 atom stereocenters. The van der Waals surface area contributed by atoms with Gasteiger partial charge in [-0.15, -0.1) is 11.3 Å². The molecule has 5 heteroatoms. The van der Waals surface area contributed by atoms with Crippen LogP contribution in [0.3, 0.4) is 0 Å². The van der Waals surface area contributed by atoms with E-state index in [2.05, 4.69) is 29.6 Å². The fraction of sp³-hybridized carbons (Fsp3) is 0.565. The summed E-state index contributed by atoms with van der Waals surface area (Å²) >= 11 is 1.73. The van der Waals surface area contributed by atoms with Crippen molar-refractivity contribution < 1.29 is 9.53 Å². The second kappa shape index (κ2) is 9.66. The van der Waals surface area contributed by atoms with E-state index in [4.69, 9.17) is 9.72 Å². The van der Waals surface area contributed by atoms with Crippen LogP contribution in [-0.2, 0) is 9.53 Å². The van der Waals surface area contributed by atoms with Crippen molar-refractivity contribution in [3.05, 3.63) is 41.4 Å². The molecule has 4 nitrogen and oxygen atoms in total. The Kier molecular flexibility index (Phi) is 6.76. The maximum absolute atomic E-state index is 12.9. The zero-order valence-corrected chi connectivity index (χ0v) is 17.3. The number of ether oxygens (including phenoxy) is 1. The number of nitrogens with one attached hydrogen (secondary N) is 1. The van der Waals surface area contributed by atoms with E-state index < -0.39 is 0 Å². The topological polar surface area (TPSA) is 51.2 Å². The number of allylic oxidation sites excluding steroid dienone is 2. The highest BCUT2D eigenvalue weighted by Crippen LogP contribution is 2.38. The quantitative estimate of drug-likeness (QED) is 0.515. The monoisotopic (exact) mass is 398 g/mol. The molecule has 1 fully saturated rings. The first-order chi connectivity index (χ1) is 13.8. The number of fused-ring (bicyclic) bond motifs is 1. The minimum atomic E-state index is -0.0233. The average molecular weight is 399 g/mol. The highest BCUT2D eigenvalue weighted by molar-refractivity contribution is 7.18. The maximum Gasteiger partial charge on any atom is 0.224 e. The van der Waals surface area contributed by atoms with Gasteiger partial charge in [0.05, 0.1) is 27.2 Å². The van der Waals surface area contributed by atoms with Crippen LogP contribution in [0.15, 0.2) is 36.4 Å². The molecule has 28 heavy (non-hydrogen) atoms. The van der Waals surface area contributed by atoms with Gasteiger partial charge in [-0.3, -0.25) is 4.79 Å². The van der Waals surface area contributed by atoms with Gasteiger partial charge in [-0.05, 0) is 44.2 Å². The fourth-order valence-electron chi connectivity index (χ4n) is 4.32. The molecule has 2 aliphatic carbocycles. The number of hydrogen-bond donors (Lipinski definition) is 1. The van der Waals surface area contributed by atoms with Crippen molar-refractivity contribution in [3.8, 4) is 0 Å². The van der Waals surface area contributed by atoms with Crippen LogP contribution in [0.1, 0.15) is 62.3 Å². The smallest absolute Gasteiger partial charge is 0.224 e. The maximum atomic E-state index is 12.9. The summed E-state index contributed by atoms with van der Waals surface area (Å²) in [6, 6.07) is 8.22. The molecule has 0 unspecified atom stereocenters. The molecule has 150 valence electrons. The number of nitrogens with zero attached hydrogens (tertiary/aromatic N) is 1. The Labute approximate surface area is 171 Å². The molecule has 1 aromatic carbocycles. The standard InChI is InChI=1S/C23H30N2O2S/c26-22(24-15-8-16-27-17-9-2-1-3-10-17)18-11-4-5-12-19(18)23-25-20-13-6-7-14-21(20)28-23/h4-7,13-14,17-19H,1-3,8-12,15-16H2,(H,24,26)/t18-,19+/m1/s1. The first-order valence-electron chi connectivity index (χ1n) is 10.7. The lowest BCUT2D eigenvalue weighted by molar-refractivity contribution is -0.125. The number of rotatable bonds is 7. The second-order valence-corrected chi connectivity index (χ2v) is 9.01. The van der Waals surface area contributed by atoms with E-state index in [1.807, 2.05) is 12.1 Å². The average Bonchev–Trinajstić information content (AvgIpc) is 3.18. The lowest BCUT2D eigenvalue weighted by atomic mass is 9.82. The number of para-hydroxylation sites is 1. The number of aromatic nitrogens is 1. The van der Waals surface area contributed by atoms with E-state index in [-0.39, 0.29) is 17.7 Å². The number of carbonyl (C=O) groups is 1. The third-order valence-corrected chi connectivity index (χ3v) is 7.09. The van der Waals surface area contributed by atoms with Crippen LogP contribution in [0.2, 0.25) is 0 Å². The van der Waals surface area contributed by atoms with E-state index in [1.54, 1.807) is 11.3 Å². The van der Waals surface area contributed by atoms with Crippen molar-refractivity contribution in [1.29, 1.82) is 0 Å². The van der Waals surface area contributed by atoms with Crippen LogP contribution >= 0.6 is 11.3 Å². The van der Waals surface area contributed by atoms with Crippen molar-refractivity contribution in [2.24, 2.45) is 5.92 Å². The molecule has 0 radical (unpaired) electrons. The van der Waals surface area contributed by atoms with Gasteiger partial charge in [0.15, 0.2) is 0 Å². The third kappa shape index (κ3) is 4.81. The van der Waals surface area contributed by atoms with E-state index in [0.29, 0.717) is 12.6 Å². The van der Waals surface area contributed by atoms with E-state index in [1.165, 1.54) is 36.8 Å². The number of amides is 1. The van der Waals surface area contributed by atoms with Gasteiger partial charge in [0.25, 0.3) is 0 Å². The largest absolute Gasteiger partial charge is 0.378 e. The Morgan fingerprint density at radius 3 is 2.82 bits per heavy atom. The van der Waals surface area contributed by atoms with Crippen LogP contribution in [0.4, 0.5) is 0 Å². The van der Waals surface area contributed by atoms with Gasteiger partial charge in [0, 0.05) is 19.1 Å². The van der Waals surface area contributed by atoms with Crippen LogP contribution in [0.25, 0.3) is 10.2 Å². The molecule has 1 saturated carbocycles. The van der Waals surface area contributed by atoms with Crippen molar-refractivity contribution in [2.45, 2.75) is 63.4 Å². The molecular weight excluding hydrogens is 368 g/mol. The van der Waals surface area contributed by atoms with E-state index in [9.17, 15) is 4.79 Å². The lowest BCUT2D eigenvalue weighted by Gasteiger charge is -2.26. The van der Waals surface area contributed by atoms with Crippen LogP contribution in [0, 0.1) is 5.92 Å². The van der Waals surface area contributed by atoms with Gasteiger partial charge in [-0.25, -0.2) is 4.98 Å². The molecule has 1 N–H and O–H groups in total. The lowest BCUT2D eigenvalue weighted by Crippen LogP contribution is -2.36. The normalized spacial score (nSPS) is 23.1. The summed E-state index contributed by atoms with van der Waals surface area (Å²) < 4.78 is 7.16. The molecule has 1 heterocycles. The van der Waals surface area contributed by atoms with Crippen molar-refractivity contribution >= 4 is 27.5 Å². The molecule has 0 saturated heterocycles. The summed E-state index contributed by atoms with van der Waals surface area (Å²) in [4.78, 5) is 17.7. The molecule has 2 aromatic rings. The first kappa shape index (κ1) is 19.6. The zero-order valence-electron chi connectivity index (χ0n) is 16.4. The van der Waals surface area contributed by atoms with Gasteiger partial charge in [-0.1, -0.05) is 43.5 Å². The zero-order chi connectivity index (χ0) is 19.2.